The van der Waals surface area contributed by atoms with Crippen molar-refractivity contribution < 1.29 is 9.53 Å². The number of rotatable bonds is 7. The molecular formula is C12H24N2O2. The number of hydrogen-bond donors (Lipinski definition) is 2. The van der Waals surface area contributed by atoms with Crippen LogP contribution in [0, 0.1) is 0 Å². The van der Waals surface area contributed by atoms with Crippen LogP contribution in [0.4, 0.5) is 0 Å². The summed E-state index contributed by atoms with van der Waals surface area (Å²) in [6, 6.07) is 0.554. The quantitative estimate of drug-likeness (QED) is 0.641. The van der Waals surface area contributed by atoms with E-state index in [4.69, 9.17) is 4.74 Å². The predicted octanol–water partition coefficient (Wildman–Crippen LogP) is 1.06. The standard InChI is InChI=1S/C12H24N2O2/c1-16-10-4-9-14-12(15)7-6-11-5-2-3-8-13-11/h11,13H,2-10H2,1H3,(H,14,15). The Bertz CT molecular complexity index is 191. The molecule has 94 valence electrons. The molecule has 1 rings (SSSR count). The highest BCUT2D eigenvalue weighted by atomic mass is 16.5. The zero-order valence-corrected chi connectivity index (χ0v) is 10.3. The lowest BCUT2D eigenvalue weighted by molar-refractivity contribution is -0.121. The van der Waals surface area contributed by atoms with Crippen LogP contribution in [0.3, 0.4) is 0 Å². The molecule has 4 nitrogen and oxygen atoms in total. The van der Waals surface area contributed by atoms with Crippen molar-refractivity contribution in [3.63, 3.8) is 0 Å². The first kappa shape index (κ1) is 13.5. The van der Waals surface area contributed by atoms with Crippen LogP contribution in [0.2, 0.25) is 0 Å². The molecule has 0 aromatic heterocycles. The SMILES string of the molecule is COCCCNC(=O)CCC1CCCCN1. The van der Waals surface area contributed by atoms with Gasteiger partial charge in [0, 0.05) is 32.7 Å². The van der Waals surface area contributed by atoms with E-state index in [1.165, 1.54) is 19.3 Å². The van der Waals surface area contributed by atoms with Crippen LogP contribution in [0.25, 0.3) is 0 Å². The molecule has 0 aliphatic carbocycles. The first-order valence-corrected chi connectivity index (χ1v) is 6.32. The maximum atomic E-state index is 11.5. The molecule has 1 atom stereocenters. The molecule has 1 aliphatic rings. The van der Waals surface area contributed by atoms with E-state index in [0.29, 0.717) is 19.1 Å². The van der Waals surface area contributed by atoms with Gasteiger partial charge in [0.25, 0.3) is 0 Å². The minimum absolute atomic E-state index is 0.170. The molecule has 0 spiro atoms. The minimum atomic E-state index is 0.170. The van der Waals surface area contributed by atoms with Gasteiger partial charge < -0.3 is 15.4 Å². The number of hydrogen-bond acceptors (Lipinski definition) is 3. The van der Waals surface area contributed by atoms with Gasteiger partial charge in [0.1, 0.15) is 0 Å². The smallest absolute Gasteiger partial charge is 0.220 e. The van der Waals surface area contributed by atoms with Gasteiger partial charge in [-0.25, -0.2) is 0 Å². The van der Waals surface area contributed by atoms with Crippen LogP contribution in [0.15, 0.2) is 0 Å². The van der Waals surface area contributed by atoms with Crippen LogP contribution < -0.4 is 10.6 Å². The summed E-state index contributed by atoms with van der Waals surface area (Å²) in [4.78, 5) is 11.5. The highest BCUT2D eigenvalue weighted by molar-refractivity contribution is 5.75. The van der Waals surface area contributed by atoms with Gasteiger partial charge in [0.2, 0.25) is 5.91 Å². The second-order valence-corrected chi connectivity index (χ2v) is 4.38. The fourth-order valence-electron chi connectivity index (χ4n) is 2.01. The topological polar surface area (TPSA) is 50.4 Å². The van der Waals surface area contributed by atoms with E-state index < -0.39 is 0 Å². The number of nitrogens with one attached hydrogen (secondary N) is 2. The van der Waals surface area contributed by atoms with E-state index in [1.807, 2.05) is 0 Å². The molecule has 1 heterocycles. The molecule has 1 saturated heterocycles. The lowest BCUT2D eigenvalue weighted by atomic mass is 10.0. The molecule has 0 aromatic rings. The Balaban J connectivity index is 1.96. The van der Waals surface area contributed by atoms with Gasteiger partial charge in [-0.2, -0.15) is 0 Å². The fourth-order valence-corrected chi connectivity index (χ4v) is 2.01. The molecule has 2 N–H and O–H groups in total. The zero-order valence-electron chi connectivity index (χ0n) is 10.3. The van der Waals surface area contributed by atoms with E-state index in [-0.39, 0.29) is 5.91 Å². The third-order valence-corrected chi connectivity index (χ3v) is 2.98. The minimum Gasteiger partial charge on any atom is -0.385 e. The predicted molar refractivity (Wildman–Crippen MR) is 64.4 cm³/mol. The number of amides is 1. The maximum Gasteiger partial charge on any atom is 0.220 e. The molecule has 1 amide bonds. The van der Waals surface area contributed by atoms with E-state index in [1.54, 1.807) is 7.11 Å². The number of ether oxygens (including phenoxy) is 1. The summed E-state index contributed by atoms with van der Waals surface area (Å²) in [5, 5.41) is 6.36. The third kappa shape index (κ3) is 6.08. The monoisotopic (exact) mass is 228 g/mol. The lowest BCUT2D eigenvalue weighted by Gasteiger charge is -2.23. The molecule has 1 unspecified atom stereocenters. The largest absolute Gasteiger partial charge is 0.385 e. The Labute approximate surface area is 98.1 Å². The van der Waals surface area contributed by atoms with Crippen LogP contribution in [0.1, 0.15) is 38.5 Å². The Hall–Kier alpha value is -0.610. The van der Waals surface area contributed by atoms with Gasteiger partial charge in [0.05, 0.1) is 0 Å². The average Bonchev–Trinajstić information content (AvgIpc) is 2.33. The molecule has 0 aromatic carbocycles. The van der Waals surface area contributed by atoms with Crippen molar-refractivity contribution in [1.82, 2.24) is 10.6 Å². The second kappa shape index (κ2) is 8.53. The lowest BCUT2D eigenvalue weighted by Crippen LogP contribution is -2.35. The van der Waals surface area contributed by atoms with Crippen LogP contribution in [-0.2, 0) is 9.53 Å². The van der Waals surface area contributed by atoms with E-state index in [2.05, 4.69) is 10.6 Å². The second-order valence-electron chi connectivity index (χ2n) is 4.38. The van der Waals surface area contributed by atoms with E-state index in [9.17, 15) is 4.79 Å². The first-order chi connectivity index (χ1) is 7.83. The van der Waals surface area contributed by atoms with Crippen molar-refractivity contribution in [1.29, 1.82) is 0 Å². The van der Waals surface area contributed by atoms with Crippen molar-refractivity contribution in [3.05, 3.63) is 0 Å². The maximum absolute atomic E-state index is 11.5. The van der Waals surface area contributed by atoms with Crippen molar-refractivity contribution in [2.75, 3.05) is 26.8 Å². The molecule has 0 saturated carbocycles. The van der Waals surface area contributed by atoms with Gasteiger partial charge in [-0.3, -0.25) is 4.79 Å². The van der Waals surface area contributed by atoms with Crippen LogP contribution in [0.5, 0.6) is 0 Å². The Morgan fingerprint density at radius 1 is 1.50 bits per heavy atom. The fraction of sp³-hybridized carbons (Fsp3) is 0.917. The number of carbonyl (C=O) groups excluding carboxylic acids is 1. The van der Waals surface area contributed by atoms with Gasteiger partial charge in [0.15, 0.2) is 0 Å². The summed E-state index contributed by atoms with van der Waals surface area (Å²) in [7, 11) is 1.68. The summed E-state index contributed by atoms with van der Waals surface area (Å²) in [6.07, 6.45) is 6.30. The van der Waals surface area contributed by atoms with E-state index >= 15 is 0 Å². The zero-order chi connectivity index (χ0) is 11.6. The number of piperidine rings is 1. The summed E-state index contributed by atoms with van der Waals surface area (Å²) in [5.74, 6) is 0.170. The average molecular weight is 228 g/mol. The highest BCUT2D eigenvalue weighted by Crippen LogP contribution is 2.11. The molecule has 0 bridgehead atoms. The Kier molecular flexibility index (Phi) is 7.17. The van der Waals surface area contributed by atoms with Crippen molar-refractivity contribution >= 4 is 5.91 Å². The molecule has 0 radical (unpaired) electrons. The van der Waals surface area contributed by atoms with Crippen molar-refractivity contribution in [2.45, 2.75) is 44.6 Å². The van der Waals surface area contributed by atoms with Gasteiger partial charge in [-0.05, 0) is 32.2 Å². The third-order valence-electron chi connectivity index (χ3n) is 2.98. The molecule has 1 aliphatic heterocycles. The number of carbonyl (C=O) groups is 1. The molecule has 4 heteroatoms. The highest BCUT2D eigenvalue weighted by Gasteiger charge is 2.13. The normalized spacial score (nSPS) is 20.7. The summed E-state index contributed by atoms with van der Waals surface area (Å²) in [6.45, 7) is 2.55. The summed E-state index contributed by atoms with van der Waals surface area (Å²) in [5.41, 5.74) is 0. The Morgan fingerprint density at radius 2 is 2.38 bits per heavy atom. The molecule has 16 heavy (non-hydrogen) atoms. The first-order valence-electron chi connectivity index (χ1n) is 6.32. The van der Waals surface area contributed by atoms with Gasteiger partial charge >= 0.3 is 0 Å². The van der Waals surface area contributed by atoms with Crippen molar-refractivity contribution in [3.8, 4) is 0 Å². The Morgan fingerprint density at radius 3 is 3.06 bits per heavy atom. The summed E-state index contributed by atoms with van der Waals surface area (Å²) >= 11 is 0. The van der Waals surface area contributed by atoms with E-state index in [0.717, 1.165) is 25.9 Å². The molecule has 1 fully saturated rings. The van der Waals surface area contributed by atoms with Gasteiger partial charge in [-0.1, -0.05) is 6.42 Å². The number of methoxy groups -OCH3 is 1. The van der Waals surface area contributed by atoms with Crippen LogP contribution in [-0.4, -0.2) is 38.8 Å². The molecular weight excluding hydrogens is 204 g/mol. The van der Waals surface area contributed by atoms with Crippen molar-refractivity contribution in [2.24, 2.45) is 0 Å². The summed E-state index contributed by atoms with van der Waals surface area (Å²) < 4.78 is 4.92. The van der Waals surface area contributed by atoms with Gasteiger partial charge in [-0.15, -0.1) is 0 Å². The van der Waals surface area contributed by atoms with Crippen LogP contribution >= 0.6 is 0 Å².